The molecule has 1 heterocycles. The second-order valence-corrected chi connectivity index (χ2v) is 7.86. The molecule has 3 aromatic carbocycles. The van der Waals surface area contributed by atoms with Crippen LogP contribution in [-0.4, -0.2) is 31.8 Å². The molecule has 6 heteroatoms. The number of ether oxygens (including phenoxy) is 1. The minimum absolute atomic E-state index is 0. The van der Waals surface area contributed by atoms with Gasteiger partial charge in [-0.2, -0.15) is 0 Å². The van der Waals surface area contributed by atoms with E-state index in [0.29, 0.717) is 18.7 Å². The number of nitrogens with one attached hydrogen (secondary N) is 2. The van der Waals surface area contributed by atoms with Crippen molar-refractivity contribution in [3.63, 3.8) is 0 Å². The van der Waals surface area contributed by atoms with Gasteiger partial charge in [0.25, 0.3) is 0 Å². The molecule has 0 aromatic heterocycles. The highest BCUT2D eigenvalue weighted by atomic mass is 35.5. The number of hydrogen-bond acceptors (Lipinski definition) is 3. The Morgan fingerprint density at radius 1 is 0.903 bits per heavy atom. The summed E-state index contributed by atoms with van der Waals surface area (Å²) in [5, 5.41) is 6.18. The second kappa shape index (κ2) is 9.08. The fourth-order valence-corrected chi connectivity index (χ4v) is 4.72. The van der Waals surface area contributed by atoms with Gasteiger partial charge < -0.3 is 15.4 Å². The number of benzene rings is 3. The summed E-state index contributed by atoms with van der Waals surface area (Å²) < 4.78 is 19.9. The molecule has 1 amide bonds. The minimum atomic E-state index is -0.466. The lowest BCUT2D eigenvalue weighted by molar-refractivity contribution is 0.139. The maximum Gasteiger partial charge on any atom is 0.407 e. The van der Waals surface area contributed by atoms with E-state index in [9.17, 15) is 9.18 Å². The molecular weight excluding hydrogens is 415 g/mol. The second-order valence-electron chi connectivity index (χ2n) is 7.86. The topological polar surface area (TPSA) is 50.4 Å². The number of carbonyl (C=O) groups excluding carboxylic acids is 1. The van der Waals surface area contributed by atoms with Gasteiger partial charge in [0.1, 0.15) is 12.4 Å². The zero-order valence-corrected chi connectivity index (χ0v) is 17.7. The molecule has 1 saturated heterocycles. The van der Waals surface area contributed by atoms with E-state index < -0.39 is 6.09 Å². The van der Waals surface area contributed by atoms with Gasteiger partial charge in [0, 0.05) is 24.9 Å². The molecule has 3 aromatic rings. The van der Waals surface area contributed by atoms with Crippen molar-refractivity contribution in [3.05, 3.63) is 95.3 Å². The van der Waals surface area contributed by atoms with Crippen LogP contribution in [0.3, 0.4) is 0 Å². The lowest BCUT2D eigenvalue weighted by Gasteiger charge is -2.21. The van der Waals surface area contributed by atoms with Gasteiger partial charge in [-0.05, 0) is 33.9 Å². The van der Waals surface area contributed by atoms with Gasteiger partial charge in [-0.15, -0.1) is 12.4 Å². The van der Waals surface area contributed by atoms with Gasteiger partial charge in [0.05, 0.1) is 6.04 Å². The van der Waals surface area contributed by atoms with Crippen LogP contribution in [0.15, 0.2) is 72.8 Å². The van der Waals surface area contributed by atoms with Crippen molar-refractivity contribution in [1.29, 1.82) is 0 Å². The zero-order chi connectivity index (χ0) is 20.5. The van der Waals surface area contributed by atoms with Crippen molar-refractivity contribution in [2.75, 3.05) is 19.7 Å². The van der Waals surface area contributed by atoms with E-state index in [1.165, 1.54) is 28.3 Å². The molecule has 2 aliphatic rings. The van der Waals surface area contributed by atoms with Crippen LogP contribution in [0.1, 0.15) is 28.5 Å². The lowest BCUT2D eigenvalue weighted by atomic mass is 9.94. The molecule has 0 spiro atoms. The summed E-state index contributed by atoms with van der Waals surface area (Å²) in [5.41, 5.74) is 5.37. The monoisotopic (exact) mass is 438 g/mol. The first-order valence-corrected chi connectivity index (χ1v) is 10.3. The van der Waals surface area contributed by atoms with Crippen LogP contribution in [0, 0.1) is 5.82 Å². The van der Waals surface area contributed by atoms with E-state index in [-0.39, 0.29) is 42.7 Å². The Kier molecular flexibility index (Phi) is 6.25. The first-order chi connectivity index (χ1) is 14.7. The number of carbonyl (C=O) groups is 1. The number of rotatable bonds is 4. The summed E-state index contributed by atoms with van der Waals surface area (Å²) in [6, 6.07) is 23.0. The Balaban J connectivity index is 0.00000231. The summed E-state index contributed by atoms with van der Waals surface area (Å²) >= 11 is 0. The lowest BCUT2D eigenvalue weighted by Crippen LogP contribution is -2.40. The Bertz CT molecular complexity index is 1040. The SMILES string of the molecule is Cl.O=C(NC1CNCC1c1ccccc1F)OCC1c2ccccc2-c2ccccc21. The summed E-state index contributed by atoms with van der Waals surface area (Å²) in [6.45, 7) is 1.48. The highest BCUT2D eigenvalue weighted by molar-refractivity contribution is 5.85. The molecule has 0 saturated carbocycles. The van der Waals surface area contributed by atoms with Crippen molar-refractivity contribution < 1.29 is 13.9 Å². The Morgan fingerprint density at radius 2 is 1.48 bits per heavy atom. The van der Waals surface area contributed by atoms with Crippen molar-refractivity contribution in [2.45, 2.75) is 17.9 Å². The Hall–Kier alpha value is -2.89. The van der Waals surface area contributed by atoms with Gasteiger partial charge in [-0.3, -0.25) is 0 Å². The number of hydrogen-bond donors (Lipinski definition) is 2. The average Bonchev–Trinajstić information content (AvgIpc) is 3.35. The van der Waals surface area contributed by atoms with Gasteiger partial charge in [0.2, 0.25) is 0 Å². The molecule has 2 N–H and O–H groups in total. The number of halogens is 2. The fourth-order valence-electron chi connectivity index (χ4n) is 4.72. The van der Waals surface area contributed by atoms with E-state index in [4.69, 9.17) is 4.74 Å². The van der Waals surface area contributed by atoms with Crippen molar-refractivity contribution >= 4 is 18.5 Å². The Morgan fingerprint density at radius 3 is 2.13 bits per heavy atom. The van der Waals surface area contributed by atoms with Gasteiger partial charge in [0.15, 0.2) is 0 Å². The third-order valence-electron chi connectivity index (χ3n) is 6.17. The van der Waals surface area contributed by atoms with E-state index in [2.05, 4.69) is 34.9 Å². The minimum Gasteiger partial charge on any atom is -0.449 e. The maximum absolute atomic E-state index is 14.2. The third kappa shape index (κ3) is 4.03. The van der Waals surface area contributed by atoms with Crippen LogP contribution in [0.25, 0.3) is 11.1 Å². The average molecular weight is 439 g/mol. The third-order valence-corrected chi connectivity index (χ3v) is 6.17. The standard InChI is InChI=1S/C25H23FN2O2.ClH/c26-23-12-6-5-11-20(23)21-13-27-14-24(21)28-25(29)30-15-22-18-9-3-1-7-16(18)17-8-2-4-10-19(17)22;/h1-12,21-22,24,27H,13-15H2,(H,28,29);1H. The van der Waals surface area contributed by atoms with Crippen LogP contribution in [0.5, 0.6) is 0 Å². The summed E-state index contributed by atoms with van der Waals surface area (Å²) in [7, 11) is 0. The molecule has 160 valence electrons. The maximum atomic E-state index is 14.2. The molecule has 0 radical (unpaired) electrons. The normalized spacial score (nSPS) is 19.3. The van der Waals surface area contributed by atoms with Gasteiger partial charge in [-0.25, -0.2) is 9.18 Å². The summed E-state index contributed by atoms with van der Waals surface area (Å²) in [4.78, 5) is 12.6. The first-order valence-electron chi connectivity index (χ1n) is 10.3. The molecule has 1 aliphatic carbocycles. The fraction of sp³-hybridized carbons (Fsp3) is 0.240. The van der Waals surface area contributed by atoms with Gasteiger partial charge in [-0.1, -0.05) is 66.7 Å². The van der Waals surface area contributed by atoms with Crippen LogP contribution in [0.4, 0.5) is 9.18 Å². The van der Waals surface area contributed by atoms with E-state index in [0.717, 1.165) is 0 Å². The molecule has 2 unspecified atom stereocenters. The van der Waals surface area contributed by atoms with Crippen LogP contribution in [0.2, 0.25) is 0 Å². The van der Waals surface area contributed by atoms with Crippen molar-refractivity contribution in [2.24, 2.45) is 0 Å². The Labute approximate surface area is 187 Å². The summed E-state index contributed by atoms with van der Waals surface area (Å²) in [6.07, 6.45) is -0.466. The molecule has 31 heavy (non-hydrogen) atoms. The molecule has 1 fully saturated rings. The summed E-state index contributed by atoms with van der Waals surface area (Å²) in [5.74, 6) is -0.343. The molecular formula is C25H24ClFN2O2. The van der Waals surface area contributed by atoms with E-state index in [1.807, 2.05) is 30.3 Å². The van der Waals surface area contributed by atoms with E-state index in [1.54, 1.807) is 12.1 Å². The van der Waals surface area contributed by atoms with Crippen molar-refractivity contribution in [1.82, 2.24) is 10.6 Å². The van der Waals surface area contributed by atoms with Crippen molar-refractivity contribution in [3.8, 4) is 11.1 Å². The van der Waals surface area contributed by atoms with Crippen LogP contribution >= 0.6 is 12.4 Å². The predicted octanol–water partition coefficient (Wildman–Crippen LogP) is 4.84. The number of amides is 1. The molecule has 1 aliphatic heterocycles. The highest BCUT2D eigenvalue weighted by Crippen LogP contribution is 2.44. The molecule has 0 bridgehead atoms. The van der Waals surface area contributed by atoms with E-state index >= 15 is 0 Å². The number of fused-ring (bicyclic) bond motifs is 3. The number of alkyl carbamates (subject to hydrolysis) is 1. The van der Waals surface area contributed by atoms with Crippen LogP contribution in [-0.2, 0) is 4.74 Å². The van der Waals surface area contributed by atoms with Gasteiger partial charge >= 0.3 is 6.09 Å². The zero-order valence-electron chi connectivity index (χ0n) is 16.9. The largest absolute Gasteiger partial charge is 0.449 e. The molecule has 2 atom stereocenters. The predicted molar refractivity (Wildman–Crippen MR) is 121 cm³/mol. The highest BCUT2D eigenvalue weighted by Gasteiger charge is 2.33. The first kappa shape index (κ1) is 21.3. The molecule has 5 rings (SSSR count). The van der Waals surface area contributed by atoms with Crippen LogP contribution < -0.4 is 10.6 Å². The smallest absolute Gasteiger partial charge is 0.407 e. The quantitative estimate of drug-likeness (QED) is 0.612. The molecule has 4 nitrogen and oxygen atoms in total.